The number of thiophene rings is 1. The van der Waals surface area contributed by atoms with E-state index in [-0.39, 0.29) is 23.2 Å². The van der Waals surface area contributed by atoms with Gasteiger partial charge in [-0.15, -0.1) is 11.3 Å². The maximum atomic E-state index is 8.87. The third-order valence-corrected chi connectivity index (χ3v) is 10.7. The molecule has 11 rings (SSSR count). The minimum Gasteiger partial charge on any atom is -0.456 e. The molecule has 11 aromatic rings. The second-order valence-electron chi connectivity index (χ2n) is 12.5. The van der Waals surface area contributed by atoms with Crippen molar-refractivity contribution >= 4 is 75.3 Å². The lowest BCUT2D eigenvalue weighted by Gasteiger charge is -2.11. The number of hydrogen-bond acceptors (Lipinski definition) is 5. The van der Waals surface area contributed by atoms with E-state index in [1.165, 1.54) is 10.1 Å². The van der Waals surface area contributed by atoms with Crippen LogP contribution < -0.4 is 0 Å². The molecule has 0 bridgehead atoms. The second-order valence-corrected chi connectivity index (χ2v) is 13.5. The van der Waals surface area contributed by atoms with Gasteiger partial charge in [-0.3, -0.25) is 4.57 Å². The first kappa shape index (κ1) is 23.7. The highest BCUT2D eigenvalue weighted by Gasteiger charge is 2.20. The Kier molecular flexibility index (Phi) is 5.08. The highest BCUT2D eigenvalue weighted by molar-refractivity contribution is 7.25. The summed E-state index contributed by atoms with van der Waals surface area (Å²) >= 11 is 1.72. The molecular formula is C45H26N4OS. The van der Waals surface area contributed by atoms with Gasteiger partial charge in [-0.2, -0.15) is 9.97 Å². The van der Waals surface area contributed by atoms with Crippen LogP contribution in [0.15, 0.2) is 162 Å². The summed E-state index contributed by atoms with van der Waals surface area (Å²) in [5.74, 6) is 0.475. The van der Waals surface area contributed by atoms with E-state index in [0.717, 1.165) is 59.4 Å². The lowest BCUT2D eigenvalue weighted by atomic mass is 9.99. The average molecular weight is 676 g/mol. The first-order chi connectivity index (χ1) is 27.3. The van der Waals surface area contributed by atoms with Gasteiger partial charge in [-0.1, -0.05) is 115 Å². The zero-order valence-electron chi connectivity index (χ0n) is 31.7. The molecule has 4 aromatic heterocycles. The predicted molar refractivity (Wildman–Crippen MR) is 211 cm³/mol. The fourth-order valence-corrected chi connectivity index (χ4v) is 8.41. The number of nitrogens with zero attached hydrogens (tertiary/aromatic N) is 4. The standard InChI is InChI=1S/C45H26N4OS/c1-3-12-27(13-4-1)30-18-11-20-38-42(30)33-23-22-29(24-39(33)50-38)44-46-43(28-14-5-2-6-15-28)47-45(48-44)49-36-19-9-7-16-31(36)34-25-35-32-17-8-10-21-40(32)51-41(35)26-37(34)49/h1-26H/i2D,5D,6D,14D,15D. The number of fused-ring (bicyclic) bond motifs is 9. The summed E-state index contributed by atoms with van der Waals surface area (Å²) in [6.45, 7) is 0. The molecule has 0 aliphatic rings. The van der Waals surface area contributed by atoms with Gasteiger partial charge in [0, 0.05) is 52.8 Å². The molecule has 4 heterocycles. The van der Waals surface area contributed by atoms with Crippen LogP contribution in [0.5, 0.6) is 0 Å². The molecule has 0 atom stereocenters. The molecule has 0 N–H and O–H groups in total. The Morgan fingerprint density at radius 1 is 0.510 bits per heavy atom. The Bertz CT molecular complexity index is 3420. The Hall–Kier alpha value is -6.63. The fourth-order valence-electron chi connectivity index (χ4n) is 7.29. The summed E-state index contributed by atoms with van der Waals surface area (Å²) in [5, 5.41) is 6.29. The van der Waals surface area contributed by atoms with Crippen LogP contribution in [-0.2, 0) is 0 Å². The number of para-hydroxylation sites is 1. The summed E-state index contributed by atoms with van der Waals surface area (Å²) < 4.78 is 53.6. The van der Waals surface area contributed by atoms with Crippen molar-refractivity contribution in [1.29, 1.82) is 0 Å². The van der Waals surface area contributed by atoms with Crippen LogP contribution in [0, 0.1) is 0 Å². The average Bonchev–Trinajstić information content (AvgIpc) is 3.90. The summed E-state index contributed by atoms with van der Waals surface area (Å²) in [6.07, 6.45) is 0. The minimum atomic E-state index is -0.488. The zero-order chi connectivity index (χ0) is 37.8. The maximum absolute atomic E-state index is 8.87. The molecule has 51 heavy (non-hydrogen) atoms. The monoisotopic (exact) mass is 675 g/mol. The molecule has 0 spiro atoms. The van der Waals surface area contributed by atoms with E-state index in [0.29, 0.717) is 11.1 Å². The SMILES string of the molecule is [2H]c1c([2H])c([2H])c(-c2nc(-c3ccc4c(c3)oc3cccc(-c5ccccc5)c34)nc(-n3c4ccccc4c4cc5c(cc43)sc3ccccc35)n2)c([2H])c1[2H]. The highest BCUT2D eigenvalue weighted by atomic mass is 32.1. The quantitative estimate of drug-likeness (QED) is 0.186. The van der Waals surface area contributed by atoms with E-state index in [2.05, 4.69) is 54.6 Å². The third kappa shape index (κ3) is 4.37. The normalized spacial score (nSPS) is 13.3. The molecule has 5 nitrogen and oxygen atoms in total. The summed E-state index contributed by atoms with van der Waals surface area (Å²) in [4.78, 5) is 14.9. The summed E-state index contributed by atoms with van der Waals surface area (Å²) in [5.41, 5.74) is 5.75. The molecule has 0 saturated carbocycles. The number of hydrogen-bond donors (Lipinski definition) is 0. The van der Waals surface area contributed by atoms with Crippen molar-refractivity contribution < 1.29 is 11.3 Å². The van der Waals surface area contributed by atoms with Crippen molar-refractivity contribution in [3.8, 4) is 39.9 Å². The van der Waals surface area contributed by atoms with Crippen molar-refractivity contribution in [2.45, 2.75) is 0 Å². The number of rotatable bonds is 4. The molecular weight excluding hydrogens is 645 g/mol. The summed E-state index contributed by atoms with van der Waals surface area (Å²) in [7, 11) is 0. The maximum Gasteiger partial charge on any atom is 0.238 e. The third-order valence-electron chi connectivity index (χ3n) is 9.56. The first-order valence-electron chi connectivity index (χ1n) is 19.0. The Morgan fingerprint density at radius 2 is 1.29 bits per heavy atom. The second kappa shape index (κ2) is 10.9. The predicted octanol–water partition coefficient (Wildman–Crippen LogP) is 12.2. The lowest BCUT2D eigenvalue weighted by Crippen LogP contribution is -2.06. The number of benzene rings is 7. The largest absolute Gasteiger partial charge is 0.456 e. The minimum absolute atomic E-state index is 0.0352. The first-order valence-corrected chi connectivity index (χ1v) is 17.3. The Balaban J connectivity index is 1.20. The molecule has 238 valence electrons. The number of aromatic nitrogens is 4. The topological polar surface area (TPSA) is 56.7 Å². The van der Waals surface area contributed by atoms with Crippen molar-refractivity contribution in [3.63, 3.8) is 0 Å². The van der Waals surface area contributed by atoms with Crippen LogP contribution in [0.3, 0.4) is 0 Å². The molecule has 0 radical (unpaired) electrons. The lowest BCUT2D eigenvalue weighted by molar-refractivity contribution is 0.669. The van der Waals surface area contributed by atoms with Crippen LogP contribution in [0.25, 0.3) is 104 Å². The van der Waals surface area contributed by atoms with Gasteiger partial charge in [-0.25, -0.2) is 4.98 Å². The van der Waals surface area contributed by atoms with Gasteiger partial charge in [0.25, 0.3) is 0 Å². The molecule has 0 fully saturated rings. The van der Waals surface area contributed by atoms with E-state index in [4.69, 9.17) is 26.2 Å². The van der Waals surface area contributed by atoms with Gasteiger partial charge in [0.2, 0.25) is 5.95 Å². The van der Waals surface area contributed by atoms with Crippen molar-refractivity contribution in [2.75, 3.05) is 0 Å². The fraction of sp³-hybridized carbons (Fsp3) is 0. The van der Waals surface area contributed by atoms with E-state index in [1.807, 2.05) is 77.4 Å². The Morgan fingerprint density at radius 3 is 2.18 bits per heavy atom. The van der Waals surface area contributed by atoms with Crippen LogP contribution in [-0.4, -0.2) is 19.5 Å². The van der Waals surface area contributed by atoms with Gasteiger partial charge in [0.1, 0.15) is 11.2 Å². The van der Waals surface area contributed by atoms with Crippen LogP contribution in [0.4, 0.5) is 0 Å². The van der Waals surface area contributed by atoms with E-state index < -0.39 is 30.2 Å². The zero-order valence-corrected chi connectivity index (χ0v) is 27.5. The smallest absolute Gasteiger partial charge is 0.238 e. The number of furan rings is 1. The van der Waals surface area contributed by atoms with Crippen molar-refractivity contribution in [1.82, 2.24) is 19.5 Å². The van der Waals surface area contributed by atoms with Crippen LogP contribution >= 0.6 is 11.3 Å². The van der Waals surface area contributed by atoms with E-state index in [9.17, 15) is 0 Å². The summed E-state index contributed by atoms with van der Waals surface area (Å²) in [6, 6.07) is 40.6. The molecule has 0 aliphatic heterocycles. The Labute approximate surface area is 302 Å². The van der Waals surface area contributed by atoms with Crippen LogP contribution in [0.1, 0.15) is 6.85 Å². The molecule has 0 amide bonds. The van der Waals surface area contributed by atoms with Crippen molar-refractivity contribution in [3.05, 3.63) is 158 Å². The van der Waals surface area contributed by atoms with Gasteiger partial charge >= 0.3 is 0 Å². The molecule has 6 heteroatoms. The molecule has 0 saturated heterocycles. The van der Waals surface area contributed by atoms with Gasteiger partial charge in [0.15, 0.2) is 11.6 Å². The van der Waals surface area contributed by atoms with Crippen molar-refractivity contribution in [2.24, 2.45) is 0 Å². The van der Waals surface area contributed by atoms with E-state index in [1.54, 1.807) is 11.3 Å². The molecule has 0 aliphatic carbocycles. The van der Waals surface area contributed by atoms with E-state index >= 15 is 0 Å². The van der Waals surface area contributed by atoms with Gasteiger partial charge in [0.05, 0.1) is 17.9 Å². The van der Waals surface area contributed by atoms with Gasteiger partial charge < -0.3 is 4.42 Å². The van der Waals surface area contributed by atoms with Gasteiger partial charge in [-0.05, 0) is 53.6 Å². The highest BCUT2D eigenvalue weighted by Crippen LogP contribution is 2.41. The molecule has 7 aromatic carbocycles. The molecule has 0 unspecified atom stereocenters. The van der Waals surface area contributed by atoms with Crippen LogP contribution in [0.2, 0.25) is 0 Å².